The molecule has 0 fully saturated rings. The van der Waals surface area contributed by atoms with Crippen molar-refractivity contribution in [3.05, 3.63) is 24.0 Å². The Morgan fingerprint density at radius 2 is 1.86 bits per heavy atom. The van der Waals surface area contributed by atoms with Gasteiger partial charge in [-0.25, -0.2) is 14.6 Å². The van der Waals surface area contributed by atoms with E-state index >= 15 is 0 Å². The maximum absolute atomic E-state index is 12.3. The molecule has 0 atom stereocenters. The van der Waals surface area contributed by atoms with Crippen molar-refractivity contribution >= 4 is 17.7 Å². The van der Waals surface area contributed by atoms with Crippen molar-refractivity contribution in [2.45, 2.75) is 39.5 Å². The second-order valence-corrected chi connectivity index (χ2v) is 4.83. The lowest BCUT2D eigenvalue weighted by Gasteiger charge is -2.23. The van der Waals surface area contributed by atoms with E-state index < -0.39 is 5.97 Å². The Morgan fingerprint density at radius 1 is 1.24 bits per heavy atom. The summed E-state index contributed by atoms with van der Waals surface area (Å²) in [6.07, 6.45) is 5.25. The summed E-state index contributed by atoms with van der Waals surface area (Å²) in [6.45, 7) is 5.48. The highest BCUT2D eigenvalue weighted by Crippen LogP contribution is 2.13. The first kappa shape index (κ1) is 16.9. The van der Waals surface area contributed by atoms with E-state index in [0.717, 1.165) is 25.7 Å². The molecule has 6 heteroatoms. The molecule has 1 heterocycles. The number of nitrogens with one attached hydrogen (secondary N) is 1. The molecule has 1 aromatic rings. The molecule has 1 aromatic heterocycles. The first-order valence-electron chi connectivity index (χ1n) is 7.34. The zero-order valence-electron chi connectivity index (χ0n) is 12.6. The van der Waals surface area contributed by atoms with E-state index in [0.29, 0.717) is 13.1 Å². The van der Waals surface area contributed by atoms with Gasteiger partial charge in [0.05, 0.1) is 5.69 Å². The molecule has 1 rings (SSSR count). The Morgan fingerprint density at radius 3 is 2.38 bits per heavy atom. The molecule has 116 valence electrons. The molecule has 0 saturated heterocycles. The zero-order valence-corrected chi connectivity index (χ0v) is 12.6. The smallest absolute Gasteiger partial charge is 0.356 e. The molecule has 6 nitrogen and oxygen atoms in total. The number of carboxylic acid groups (broad SMARTS) is 1. The van der Waals surface area contributed by atoms with Crippen molar-refractivity contribution in [3.63, 3.8) is 0 Å². The van der Waals surface area contributed by atoms with Gasteiger partial charge in [0, 0.05) is 19.3 Å². The second kappa shape index (κ2) is 8.94. The Kier molecular flexibility index (Phi) is 7.21. The largest absolute Gasteiger partial charge is 0.476 e. The third-order valence-electron chi connectivity index (χ3n) is 3.10. The van der Waals surface area contributed by atoms with Crippen LogP contribution in [-0.4, -0.2) is 40.1 Å². The van der Waals surface area contributed by atoms with Crippen LogP contribution in [0.5, 0.6) is 0 Å². The van der Waals surface area contributed by atoms with Gasteiger partial charge >= 0.3 is 12.0 Å². The lowest BCUT2D eigenvalue weighted by atomic mass is 10.2. The van der Waals surface area contributed by atoms with Crippen molar-refractivity contribution in [3.8, 4) is 0 Å². The fourth-order valence-electron chi connectivity index (χ4n) is 1.88. The average Bonchev–Trinajstić information content (AvgIpc) is 2.47. The number of hydrogen-bond acceptors (Lipinski definition) is 3. The number of aromatic nitrogens is 1. The number of rotatable bonds is 8. The van der Waals surface area contributed by atoms with Crippen LogP contribution >= 0.6 is 0 Å². The number of pyridine rings is 1. The third kappa shape index (κ3) is 5.41. The summed E-state index contributed by atoms with van der Waals surface area (Å²) in [7, 11) is 0. The van der Waals surface area contributed by atoms with Crippen LogP contribution in [0.1, 0.15) is 50.0 Å². The molecule has 0 spiro atoms. The van der Waals surface area contributed by atoms with Gasteiger partial charge in [-0.15, -0.1) is 0 Å². The molecule has 0 aliphatic carbocycles. The number of carbonyl (C=O) groups is 2. The third-order valence-corrected chi connectivity index (χ3v) is 3.10. The summed E-state index contributed by atoms with van der Waals surface area (Å²) in [5, 5.41) is 11.7. The van der Waals surface area contributed by atoms with Crippen molar-refractivity contribution < 1.29 is 14.7 Å². The lowest BCUT2D eigenvalue weighted by Crippen LogP contribution is -2.36. The van der Waals surface area contributed by atoms with Gasteiger partial charge in [-0.2, -0.15) is 0 Å². The van der Waals surface area contributed by atoms with E-state index in [1.807, 2.05) is 0 Å². The van der Waals surface area contributed by atoms with E-state index in [1.165, 1.54) is 6.20 Å². The highest BCUT2D eigenvalue weighted by Gasteiger charge is 2.17. The normalized spacial score (nSPS) is 10.2. The van der Waals surface area contributed by atoms with E-state index in [9.17, 15) is 9.59 Å². The lowest BCUT2D eigenvalue weighted by molar-refractivity contribution is 0.0691. The summed E-state index contributed by atoms with van der Waals surface area (Å²) in [5.41, 5.74) is 0.0878. The number of anilines is 1. The molecular formula is C15H23N3O3. The molecule has 0 aliphatic rings. The maximum Gasteiger partial charge on any atom is 0.356 e. The molecule has 0 bridgehead atoms. The topological polar surface area (TPSA) is 82.5 Å². The van der Waals surface area contributed by atoms with Gasteiger partial charge in [-0.05, 0) is 25.0 Å². The van der Waals surface area contributed by atoms with Crippen LogP contribution in [0, 0.1) is 0 Å². The minimum atomic E-state index is -1.15. The second-order valence-electron chi connectivity index (χ2n) is 4.83. The Hall–Kier alpha value is -2.11. The number of carbonyl (C=O) groups excluding carboxylic acids is 1. The maximum atomic E-state index is 12.3. The number of nitrogens with zero attached hydrogens (tertiary/aromatic N) is 2. The number of hydrogen-bond donors (Lipinski definition) is 2. The monoisotopic (exact) mass is 293 g/mol. The molecule has 2 N–H and O–H groups in total. The van der Waals surface area contributed by atoms with E-state index in [2.05, 4.69) is 24.1 Å². The van der Waals surface area contributed by atoms with Crippen molar-refractivity contribution in [1.29, 1.82) is 0 Å². The number of urea groups is 1. The summed E-state index contributed by atoms with van der Waals surface area (Å²) >= 11 is 0. The molecular weight excluding hydrogens is 270 g/mol. The van der Waals surface area contributed by atoms with Crippen molar-refractivity contribution in [2.75, 3.05) is 18.4 Å². The highest BCUT2D eigenvalue weighted by molar-refractivity contribution is 5.98. The average molecular weight is 293 g/mol. The molecule has 0 radical (unpaired) electrons. The first-order valence-corrected chi connectivity index (χ1v) is 7.34. The summed E-state index contributed by atoms with van der Waals surface area (Å²) in [4.78, 5) is 28.9. The van der Waals surface area contributed by atoms with E-state index in [1.54, 1.807) is 17.0 Å². The van der Waals surface area contributed by atoms with Crippen LogP contribution < -0.4 is 5.32 Å². The Labute approximate surface area is 125 Å². The fourth-order valence-corrected chi connectivity index (χ4v) is 1.88. The first-order chi connectivity index (χ1) is 10.1. The van der Waals surface area contributed by atoms with Crippen LogP contribution in [0.25, 0.3) is 0 Å². The van der Waals surface area contributed by atoms with E-state index in [-0.39, 0.29) is 17.4 Å². The van der Waals surface area contributed by atoms with Gasteiger partial charge in [0.25, 0.3) is 0 Å². The summed E-state index contributed by atoms with van der Waals surface area (Å²) in [5.74, 6) is -1.15. The van der Waals surface area contributed by atoms with Crippen LogP contribution in [0.2, 0.25) is 0 Å². The van der Waals surface area contributed by atoms with Crippen LogP contribution in [0.3, 0.4) is 0 Å². The van der Waals surface area contributed by atoms with Crippen molar-refractivity contribution in [2.24, 2.45) is 0 Å². The number of aromatic carboxylic acids is 1. The summed E-state index contributed by atoms with van der Waals surface area (Å²) < 4.78 is 0. The quantitative estimate of drug-likeness (QED) is 0.771. The van der Waals surface area contributed by atoms with Gasteiger partial charge < -0.3 is 15.3 Å². The van der Waals surface area contributed by atoms with Crippen LogP contribution in [0.4, 0.5) is 10.5 Å². The SMILES string of the molecule is CCCCN(CCCC)C(=O)Nc1cccnc1C(=O)O. The van der Waals surface area contributed by atoms with Gasteiger partial charge in [-0.3, -0.25) is 0 Å². The van der Waals surface area contributed by atoms with Crippen LogP contribution in [-0.2, 0) is 0 Å². The standard InChI is InChI=1S/C15H23N3O3/c1-3-5-10-18(11-6-4-2)15(21)17-12-8-7-9-16-13(12)14(19)20/h7-9H,3-6,10-11H2,1-2H3,(H,17,21)(H,19,20). The summed E-state index contributed by atoms with van der Waals surface area (Å²) in [6, 6.07) is 2.88. The fraction of sp³-hybridized carbons (Fsp3) is 0.533. The number of unbranched alkanes of at least 4 members (excludes halogenated alkanes) is 2. The minimum Gasteiger partial charge on any atom is -0.476 e. The predicted molar refractivity (Wildman–Crippen MR) is 81.6 cm³/mol. The molecule has 2 amide bonds. The van der Waals surface area contributed by atoms with E-state index in [4.69, 9.17) is 5.11 Å². The molecule has 0 unspecified atom stereocenters. The number of amides is 2. The minimum absolute atomic E-state index is 0.142. The van der Waals surface area contributed by atoms with Crippen LogP contribution in [0.15, 0.2) is 18.3 Å². The van der Waals surface area contributed by atoms with Crippen molar-refractivity contribution in [1.82, 2.24) is 9.88 Å². The van der Waals surface area contributed by atoms with Gasteiger partial charge in [0.1, 0.15) is 0 Å². The molecule has 0 saturated carbocycles. The number of carboxylic acids is 1. The Balaban J connectivity index is 2.78. The highest BCUT2D eigenvalue weighted by atomic mass is 16.4. The van der Waals surface area contributed by atoms with Gasteiger partial charge in [0.15, 0.2) is 5.69 Å². The van der Waals surface area contributed by atoms with Gasteiger partial charge in [-0.1, -0.05) is 26.7 Å². The zero-order chi connectivity index (χ0) is 15.7. The van der Waals surface area contributed by atoms with Gasteiger partial charge in [0.2, 0.25) is 0 Å². The molecule has 21 heavy (non-hydrogen) atoms. The Bertz CT molecular complexity index is 469. The predicted octanol–water partition coefficient (Wildman–Crippen LogP) is 3.21. The molecule has 0 aliphatic heterocycles. The molecule has 0 aromatic carbocycles.